The Balaban J connectivity index is 2.06. The number of carbonyl (C=O) groups is 1. The van der Waals surface area contributed by atoms with Gasteiger partial charge in [-0.05, 0) is 56.2 Å². The zero-order valence-corrected chi connectivity index (χ0v) is 11.6. The van der Waals surface area contributed by atoms with E-state index in [4.69, 9.17) is 0 Å². The van der Waals surface area contributed by atoms with E-state index in [1.165, 1.54) is 0 Å². The Bertz CT molecular complexity index is 428. The monoisotopic (exact) mass is 265 g/mol. The topological polar surface area (TPSA) is 49.3 Å². The molecule has 0 radical (unpaired) electrons. The molecule has 1 unspecified atom stereocenters. The first kappa shape index (κ1) is 13.4. The third-order valence-electron chi connectivity index (χ3n) is 3.56. The van der Waals surface area contributed by atoms with Gasteiger partial charge in [-0.25, -0.2) is 0 Å². The average Bonchev–Trinajstić information content (AvgIpc) is 3.23. The van der Waals surface area contributed by atoms with E-state index in [-0.39, 0.29) is 12.5 Å². The van der Waals surface area contributed by atoms with Gasteiger partial charge in [0, 0.05) is 10.5 Å². The van der Waals surface area contributed by atoms with Crippen LogP contribution in [-0.2, 0) is 0 Å². The SMILES string of the molecule is CSc1ccc(C(=O)NC(C)(CO)C2CC2)cc1. The van der Waals surface area contributed by atoms with Crippen molar-refractivity contribution in [3.05, 3.63) is 29.8 Å². The lowest BCUT2D eigenvalue weighted by Crippen LogP contribution is -2.50. The van der Waals surface area contributed by atoms with E-state index in [1.807, 2.05) is 37.4 Å². The highest BCUT2D eigenvalue weighted by atomic mass is 32.2. The molecular weight excluding hydrogens is 246 g/mol. The molecular formula is C14H19NO2S. The molecule has 4 heteroatoms. The molecule has 0 saturated heterocycles. The van der Waals surface area contributed by atoms with Gasteiger partial charge < -0.3 is 10.4 Å². The second-order valence-corrected chi connectivity index (χ2v) is 5.91. The van der Waals surface area contributed by atoms with Gasteiger partial charge in [-0.3, -0.25) is 4.79 Å². The molecule has 0 aromatic heterocycles. The van der Waals surface area contributed by atoms with E-state index in [0.717, 1.165) is 17.7 Å². The van der Waals surface area contributed by atoms with Crippen LogP contribution in [0.4, 0.5) is 0 Å². The molecule has 3 nitrogen and oxygen atoms in total. The number of amides is 1. The Kier molecular flexibility index (Phi) is 3.97. The lowest BCUT2D eigenvalue weighted by atomic mass is 9.96. The van der Waals surface area contributed by atoms with Crippen LogP contribution < -0.4 is 5.32 Å². The molecule has 2 N–H and O–H groups in total. The standard InChI is InChI=1S/C14H19NO2S/c1-14(9-16,11-5-6-11)15-13(17)10-3-7-12(18-2)8-4-10/h3-4,7-8,11,16H,5-6,9H2,1-2H3,(H,15,17). The quantitative estimate of drug-likeness (QED) is 0.803. The van der Waals surface area contributed by atoms with Crippen LogP contribution in [0.5, 0.6) is 0 Å². The maximum absolute atomic E-state index is 12.1. The molecule has 0 heterocycles. The lowest BCUT2D eigenvalue weighted by molar-refractivity contribution is 0.0824. The Labute approximate surface area is 112 Å². The summed E-state index contributed by atoms with van der Waals surface area (Å²) in [5.41, 5.74) is 0.169. The predicted molar refractivity (Wildman–Crippen MR) is 73.9 cm³/mol. The van der Waals surface area contributed by atoms with Gasteiger partial charge >= 0.3 is 0 Å². The number of hydrogen-bond donors (Lipinski definition) is 2. The first-order valence-corrected chi connectivity index (χ1v) is 7.39. The van der Waals surface area contributed by atoms with Gasteiger partial charge in [0.1, 0.15) is 0 Å². The molecule has 1 aromatic rings. The number of thioether (sulfide) groups is 1. The molecule has 98 valence electrons. The Morgan fingerprint density at radius 2 is 2.06 bits per heavy atom. The van der Waals surface area contributed by atoms with E-state index in [1.54, 1.807) is 11.8 Å². The third-order valence-corrected chi connectivity index (χ3v) is 4.30. The highest BCUT2D eigenvalue weighted by molar-refractivity contribution is 7.98. The molecule has 1 fully saturated rings. The minimum Gasteiger partial charge on any atom is -0.394 e. The Morgan fingerprint density at radius 1 is 1.44 bits per heavy atom. The summed E-state index contributed by atoms with van der Waals surface area (Å²) in [4.78, 5) is 13.3. The van der Waals surface area contributed by atoms with Crippen molar-refractivity contribution in [2.24, 2.45) is 5.92 Å². The number of rotatable bonds is 5. The van der Waals surface area contributed by atoms with Crippen LogP contribution in [0.2, 0.25) is 0 Å². The number of benzene rings is 1. The molecule has 1 aromatic carbocycles. The van der Waals surface area contributed by atoms with Crippen molar-refractivity contribution in [1.82, 2.24) is 5.32 Å². The minimum atomic E-state index is -0.477. The molecule has 0 spiro atoms. The van der Waals surface area contributed by atoms with Gasteiger partial charge in [-0.15, -0.1) is 11.8 Å². The summed E-state index contributed by atoms with van der Waals surface area (Å²) < 4.78 is 0. The summed E-state index contributed by atoms with van der Waals surface area (Å²) in [6.07, 6.45) is 4.18. The highest BCUT2D eigenvalue weighted by Crippen LogP contribution is 2.39. The summed E-state index contributed by atoms with van der Waals surface area (Å²) in [7, 11) is 0. The molecule has 1 saturated carbocycles. The van der Waals surface area contributed by atoms with Crippen LogP contribution in [0.15, 0.2) is 29.2 Å². The van der Waals surface area contributed by atoms with Crippen LogP contribution in [0.1, 0.15) is 30.1 Å². The number of aliphatic hydroxyl groups is 1. The van der Waals surface area contributed by atoms with Gasteiger partial charge in [0.05, 0.1) is 12.1 Å². The van der Waals surface area contributed by atoms with Gasteiger partial charge in [0.15, 0.2) is 0 Å². The van der Waals surface area contributed by atoms with Crippen LogP contribution in [0.3, 0.4) is 0 Å². The smallest absolute Gasteiger partial charge is 0.251 e. The molecule has 0 aliphatic heterocycles. The lowest BCUT2D eigenvalue weighted by Gasteiger charge is -2.28. The summed E-state index contributed by atoms with van der Waals surface area (Å²) in [6, 6.07) is 7.53. The van der Waals surface area contributed by atoms with E-state index in [2.05, 4.69) is 5.32 Å². The van der Waals surface area contributed by atoms with Crippen LogP contribution >= 0.6 is 11.8 Å². The molecule has 1 amide bonds. The largest absolute Gasteiger partial charge is 0.394 e. The average molecular weight is 265 g/mol. The molecule has 18 heavy (non-hydrogen) atoms. The second-order valence-electron chi connectivity index (χ2n) is 5.03. The van der Waals surface area contributed by atoms with E-state index in [0.29, 0.717) is 11.5 Å². The van der Waals surface area contributed by atoms with Gasteiger partial charge in [0.25, 0.3) is 5.91 Å². The van der Waals surface area contributed by atoms with Crippen molar-refractivity contribution < 1.29 is 9.90 Å². The fourth-order valence-corrected chi connectivity index (χ4v) is 2.47. The Morgan fingerprint density at radius 3 is 2.50 bits per heavy atom. The summed E-state index contributed by atoms with van der Waals surface area (Å²) in [5, 5.41) is 12.4. The number of nitrogens with one attached hydrogen (secondary N) is 1. The molecule has 2 rings (SSSR count). The van der Waals surface area contributed by atoms with Crippen LogP contribution in [0.25, 0.3) is 0 Å². The zero-order valence-electron chi connectivity index (χ0n) is 10.8. The maximum atomic E-state index is 12.1. The minimum absolute atomic E-state index is 0.00764. The van der Waals surface area contributed by atoms with E-state index >= 15 is 0 Å². The predicted octanol–water partition coefficient (Wildman–Crippen LogP) is 2.30. The van der Waals surface area contributed by atoms with Crippen LogP contribution in [-0.4, -0.2) is 29.4 Å². The normalized spacial score (nSPS) is 18.2. The first-order chi connectivity index (χ1) is 8.59. The molecule has 1 aliphatic rings. The van der Waals surface area contributed by atoms with Gasteiger partial charge in [-0.2, -0.15) is 0 Å². The van der Waals surface area contributed by atoms with Crippen molar-refractivity contribution in [2.45, 2.75) is 30.2 Å². The van der Waals surface area contributed by atoms with Crippen molar-refractivity contribution in [2.75, 3.05) is 12.9 Å². The Hall–Kier alpha value is -1.00. The summed E-state index contributed by atoms with van der Waals surface area (Å²) in [6.45, 7) is 1.91. The fourth-order valence-electron chi connectivity index (χ4n) is 2.07. The van der Waals surface area contributed by atoms with Gasteiger partial charge in [-0.1, -0.05) is 0 Å². The van der Waals surface area contributed by atoms with Crippen molar-refractivity contribution in [3.63, 3.8) is 0 Å². The maximum Gasteiger partial charge on any atom is 0.251 e. The summed E-state index contributed by atoms with van der Waals surface area (Å²) in [5.74, 6) is 0.308. The van der Waals surface area contributed by atoms with E-state index < -0.39 is 5.54 Å². The van der Waals surface area contributed by atoms with Crippen molar-refractivity contribution >= 4 is 17.7 Å². The zero-order chi connectivity index (χ0) is 13.2. The summed E-state index contributed by atoms with van der Waals surface area (Å²) >= 11 is 1.65. The van der Waals surface area contributed by atoms with E-state index in [9.17, 15) is 9.90 Å². The second kappa shape index (κ2) is 5.33. The molecule has 1 aliphatic carbocycles. The highest BCUT2D eigenvalue weighted by Gasteiger charge is 2.42. The molecule has 0 bridgehead atoms. The third kappa shape index (κ3) is 2.87. The number of carbonyl (C=O) groups excluding carboxylic acids is 1. The first-order valence-electron chi connectivity index (χ1n) is 6.16. The van der Waals surface area contributed by atoms with Crippen LogP contribution in [0, 0.1) is 5.92 Å². The fraction of sp³-hybridized carbons (Fsp3) is 0.500. The number of aliphatic hydroxyl groups excluding tert-OH is 1. The van der Waals surface area contributed by atoms with Gasteiger partial charge in [0.2, 0.25) is 0 Å². The van der Waals surface area contributed by atoms with Crippen molar-refractivity contribution in [3.8, 4) is 0 Å². The number of hydrogen-bond acceptors (Lipinski definition) is 3. The van der Waals surface area contributed by atoms with Crippen molar-refractivity contribution in [1.29, 1.82) is 0 Å². The molecule has 1 atom stereocenters.